The van der Waals surface area contributed by atoms with Crippen LogP contribution in [0.15, 0.2) is 75.4 Å². The lowest BCUT2D eigenvalue weighted by molar-refractivity contribution is 1.03. The van der Waals surface area contributed by atoms with Crippen molar-refractivity contribution in [2.24, 2.45) is 0 Å². The Balaban J connectivity index is 0.000000180. The first kappa shape index (κ1) is 18.5. The van der Waals surface area contributed by atoms with E-state index in [0.717, 1.165) is 5.56 Å². The summed E-state index contributed by atoms with van der Waals surface area (Å²) in [6, 6.07) is 5.62. The normalized spacial score (nSPS) is 8.50. The van der Waals surface area contributed by atoms with E-state index in [0.29, 0.717) is 11.6 Å². The van der Waals surface area contributed by atoms with Gasteiger partial charge < -0.3 is 0 Å². The van der Waals surface area contributed by atoms with Crippen LogP contribution in [0.3, 0.4) is 0 Å². The van der Waals surface area contributed by atoms with E-state index in [4.69, 9.17) is 0 Å². The molecule has 0 fully saturated rings. The van der Waals surface area contributed by atoms with Gasteiger partial charge >= 0.3 is 0 Å². The van der Waals surface area contributed by atoms with Gasteiger partial charge in [0.1, 0.15) is 12.7 Å². The van der Waals surface area contributed by atoms with E-state index in [1.54, 1.807) is 49.1 Å². The van der Waals surface area contributed by atoms with Crippen molar-refractivity contribution in [1.29, 1.82) is 0 Å². The number of hydrogen-bond donors (Lipinski definition) is 0. The van der Waals surface area contributed by atoms with Crippen LogP contribution in [-0.2, 0) is 0 Å². The van der Waals surface area contributed by atoms with Gasteiger partial charge in [0.15, 0.2) is 11.6 Å². The van der Waals surface area contributed by atoms with Gasteiger partial charge in [0.2, 0.25) is 0 Å². The lowest BCUT2D eigenvalue weighted by Gasteiger charge is -1.84. The molecule has 3 rings (SSSR count). The first-order valence-corrected chi connectivity index (χ1v) is 6.96. The molecule has 0 saturated carbocycles. The average Bonchev–Trinajstić information content (AvgIpc) is 2.71. The smallest absolute Gasteiger partial charge is 0.154 e. The van der Waals surface area contributed by atoms with Crippen LogP contribution in [0.4, 0.5) is 0 Å². The van der Waals surface area contributed by atoms with Gasteiger partial charge in [-0.05, 0) is 29.8 Å². The van der Waals surface area contributed by atoms with Crippen molar-refractivity contribution in [3.05, 3.63) is 92.6 Å². The molecule has 0 aliphatic carbocycles. The van der Waals surface area contributed by atoms with Gasteiger partial charge in [-0.15, -0.1) is 0 Å². The second-order valence-corrected chi connectivity index (χ2v) is 4.00. The molecule has 0 radical (unpaired) electrons. The highest BCUT2D eigenvalue weighted by Gasteiger charge is 1.80. The molecule has 3 aromatic rings. The van der Waals surface area contributed by atoms with Crippen molar-refractivity contribution >= 4 is 18.2 Å². The first-order chi connectivity index (χ1) is 11.8. The summed E-state index contributed by atoms with van der Waals surface area (Å²) in [5.41, 5.74) is 1.06. The highest BCUT2D eigenvalue weighted by Crippen LogP contribution is 1.94. The summed E-state index contributed by atoms with van der Waals surface area (Å²) in [6.07, 6.45) is 14.7. The molecule has 0 saturated heterocycles. The van der Waals surface area contributed by atoms with Gasteiger partial charge in [-0.3, -0.25) is 4.98 Å². The zero-order chi connectivity index (χ0) is 17.5. The summed E-state index contributed by atoms with van der Waals surface area (Å²) in [4.78, 5) is 22.8. The van der Waals surface area contributed by atoms with Crippen molar-refractivity contribution in [2.45, 2.75) is 0 Å². The zero-order valence-corrected chi connectivity index (χ0v) is 13.2. The molecule has 0 aliphatic rings. The van der Waals surface area contributed by atoms with Crippen LogP contribution < -0.4 is 0 Å². The van der Waals surface area contributed by atoms with Crippen molar-refractivity contribution in [1.82, 2.24) is 29.9 Å². The van der Waals surface area contributed by atoms with Crippen molar-refractivity contribution in [3.63, 3.8) is 0 Å². The van der Waals surface area contributed by atoms with Crippen LogP contribution in [0.5, 0.6) is 0 Å². The fourth-order valence-electron chi connectivity index (χ4n) is 1.27. The van der Waals surface area contributed by atoms with E-state index in [1.807, 2.05) is 12.1 Å². The molecule has 3 aromatic heterocycles. The SMILES string of the molecule is C=Cc1cccnc1.C=Cc1ncccn1.C=Cc1ncncn1. The van der Waals surface area contributed by atoms with Crippen LogP contribution in [-0.4, -0.2) is 29.9 Å². The molecule has 0 N–H and O–H groups in total. The third kappa shape index (κ3) is 8.04. The van der Waals surface area contributed by atoms with Gasteiger partial charge in [0.25, 0.3) is 0 Å². The predicted molar refractivity (Wildman–Crippen MR) is 96.4 cm³/mol. The molecule has 0 aromatic carbocycles. The summed E-state index contributed by atoms with van der Waals surface area (Å²) < 4.78 is 0. The number of pyridine rings is 1. The lowest BCUT2D eigenvalue weighted by Crippen LogP contribution is -1.84. The maximum Gasteiger partial charge on any atom is 0.154 e. The Morgan fingerprint density at radius 2 is 1.29 bits per heavy atom. The zero-order valence-electron chi connectivity index (χ0n) is 13.2. The monoisotopic (exact) mass is 318 g/mol. The summed E-state index contributed by atoms with van der Waals surface area (Å²) in [5, 5.41) is 0. The standard InChI is InChI=1S/C7H7N.C6H6N2.C5H5N3/c1-2-7-4-3-5-8-6-7;1-2-6-7-4-3-5-8-6;1-2-5-7-3-6-4-8-5/h2-6H,1H2;2-5H,1H2;2-4H,1H2. The Morgan fingerprint density at radius 1 is 0.667 bits per heavy atom. The second kappa shape index (κ2) is 12.0. The summed E-state index contributed by atoms with van der Waals surface area (Å²) >= 11 is 0. The topological polar surface area (TPSA) is 77.3 Å². The lowest BCUT2D eigenvalue weighted by atomic mass is 10.3. The minimum Gasteiger partial charge on any atom is -0.264 e. The van der Waals surface area contributed by atoms with Crippen molar-refractivity contribution in [3.8, 4) is 0 Å². The highest BCUT2D eigenvalue weighted by atomic mass is 15.0. The molecule has 0 unspecified atom stereocenters. The largest absolute Gasteiger partial charge is 0.264 e. The van der Waals surface area contributed by atoms with Crippen molar-refractivity contribution < 1.29 is 0 Å². The third-order valence-electron chi connectivity index (χ3n) is 2.38. The van der Waals surface area contributed by atoms with Crippen LogP contribution in [0.2, 0.25) is 0 Å². The molecule has 0 spiro atoms. The molecule has 6 nitrogen and oxygen atoms in total. The Kier molecular flexibility index (Phi) is 9.29. The molecule has 120 valence electrons. The van der Waals surface area contributed by atoms with Crippen LogP contribution >= 0.6 is 0 Å². The highest BCUT2D eigenvalue weighted by molar-refractivity contribution is 5.44. The van der Waals surface area contributed by atoms with Gasteiger partial charge in [-0.1, -0.05) is 31.9 Å². The molecule has 0 aliphatic heterocycles. The van der Waals surface area contributed by atoms with Gasteiger partial charge in [-0.25, -0.2) is 24.9 Å². The molecular formula is C18H18N6. The van der Waals surface area contributed by atoms with Crippen LogP contribution in [0, 0.1) is 0 Å². The Morgan fingerprint density at radius 3 is 1.67 bits per heavy atom. The first-order valence-electron chi connectivity index (χ1n) is 6.96. The molecule has 3 heterocycles. The number of rotatable bonds is 3. The summed E-state index contributed by atoms with van der Waals surface area (Å²) in [6.45, 7) is 10.6. The number of hydrogen-bond acceptors (Lipinski definition) is 6. The molecule has 0 atom stereocenters. The molecule has 0 amide bonds. The van der Waals surface area contributed by atoms with Crippen molar-refractivity contribution in [2.75, 3.05) is 0 Å². The Bertz CT molecular complexity index is 611. The van der Waals surface area contributed by atoms with E-state index in [2.05, 4.69) is 49.6 Å². The fourth-order valence-corrected chi connectivity index (χ4v) is 1.27. The van der Waals surface area contributed by atoms with Gasteiger partial charge in [-0.2, -0.15) is 0 Å². The van der Waals surface area contributed by atoms with Gasteiger partial charge in [0.05, 0.1) is 0 Å². The van der Waals surface area contributed by atoms with Gasteiger partial charge in [0, 0.05) is 24.8 Å². The number of nitrogens with zero attached hydrogens (tertiary/aromatic N) is 6. The number of aromatic nitrogens is 6. The molecule has 24 heavy (non-hydrogen) atoms. The molecule has 0 bridgehead atoms. The second-order valence-electron chi connectivity index (χ2n) is 4.00. The Labute approximate surface area is 141 Å². The summed E-state index contributed by atoms with van der Waals surface area (Å²) in [7, 11) is 0. The third-order valence-corrected chi connectivity index (χ3v) is 2.38. The van der Waals surface area contributed by atoms with E-state index in [-0.39, 0.29) is 0 Å². The minimum absolute atomic E-state index is 0.611. The molecular weight excluding hydrogens is 300 g/mol. The Hall–Kier alpha value is -3.54. The maximum atomic E-state index is 3.88. The fraction of sp³-hybridized carbons (Fsp3) is 0. The minimum atomic E-state index is 0.611. The van der Waals surface area contributed by atoms with E-state index in [1.165, 1.54) is 12.7 Å². The molecule has 6 heteroatoms. The maximum absolute atomic E-state index is 3.88. The average molecular weight is 318 g/mol. The van der Waals surface area contributed by atoms with E-state index in [9.17, 15) is 0 Å². The van der Waals surface area contributed by atoms with E-state index < -0.39 is 0 Å². The quantitative estimate of drug-likeness (QED) is 0.737. The van der Waals surface area contributed by atoms with Crippen LogP contribution in [0.1, 0.15) is 17.2 Å². The van der Waals surface area contributed by atoms with E-state index >= 15 is 0 Å². The van der Waals surface area contributed by atoms with Crippen LogP contribution in [0.25, 0.3) is 18.2 Å². The predicted octanol–water partition coefficient (Wildman–Crippen LogP) is 3.36. The summed E-state index contributed by atoms with van der Waals surface area (Å²) in [5.74, 6) is 1.28.